The molecule has 0 radical (unpaired) electrons. The number of likely N-dealkylation sites (tertiary alicyclic amines) is 2. The van der Waals surface area contributed by atoms with Crippen molar-refractivity contribution in [3.05, 3.63) is 47.8 Å². The number of carbonyl (C=O) groups excluding carboxylic acids is 2. The summed E-state index contributed by atoms with van der Waals surface area (Å²) in [7, 11) is 1.68. The van der Waals surface area contributed by atoms with Crippen molar-refractivity contribution in [3.8, 4) is 0 Å². The van der Waals surface area contributed by atoms with E-state index in [2.05, 4.69) is 39.2 Å². The van der Waals surface area contributed by atoms with Gasteiger partial charge in [0.05, 0.1) is 31.3 Å². The Balaban J connectivity index is 1.11. The molecule has 3 saturated heterocycles. The second kappa shape index (κ2) is 9.85. The molecule has 3 aliphatic heterocycles. The summed E-state index contributed by atoms with van der Waals surface area (Å²) >= 11 is 0. The third-order valence-electron chi connectivity index (χ3n) is 7.40. The monoisotopic (exact) mass is 466 g/mol. The lowest BCUT2D eigenvalue weighted by Gasteiger charge is -2.26. The molecule has 2 aromatic rings. The molecule has 0 bridgehead atoms. The average Bonchev–Trinajstić information content (AvgIpc) is 3.55. The summed E-state index contributed by atoms with van der Waals surface area (Å²) in [6.45, 7) is 10.7. The third kappa shape index (κ3) is 5.01. The number of anilines is 1. The number of rotatable bonds is 5. The van der Waals surface area contributed by atoms with Gasteiger partial charge in [0.1, 0.15) is 0 Å². The number of nitrogens with zero attached hydrogens (tertiary/aromatic N) is 6. The van der Waals surface area contributed by atoms with Crippen LogP contribution in [0, 0.1) is 11.8 Å². The largest absolute Gasteiger partial charge is 0.379 e. The van der Waals surface area contributed by atoms with Gasteiger partial charge in [0.25, 0.3) is 0 Å². The first kappa shape index (κ1) is 23.0. The fraction of sp³-hybridized carbons (Fsp3) is 0.560. The molecule has 2 unspecified atom stereocenters. The zero-order valence-electron chi connectivity index (χ0n) is 20.1. The maximum atomic E-state index is 12.9. The van der Waals surface area contributed by atoms with Crippen LogP contribution in [0.2, 0.25) is 0 Å². The molecule has 3 fully saturated rings. The first-order chi connectivity index (χ1) is 16.5. The van der Waals surface area contributed by atoms with E-state index < -0.39 is 0 Å². The Bertz CT molecular complexity index is 1000. The predicted octanol–water partition coefficient (Wildman–Crippen LogP) is 1.73. The van der Waals surface area contributed by atoms with Crippen LogP contribution in [0.15, 0.2) is 36.7 Å². The number of morpholine rings is 1. The number of aromatic nitrogens is 2. The van der Waals surface area contributed by atoms with Crippen LogP contribution in [0.5, 0.6) is 0 Å². The fourth-order valence-electron chi connectivity index (χ4n) is 5.32. The van der Waals surface area contributed by atoms with Gasteiger partial charge < -0.3 is 14.5 Å². The Morgan fingerprint density at radius 1 is 0.971 bits per heavy atom. The molecule has 0 spiro atoms. The van der Waals surface area contributed by atoms with Crippen LogP contribution in [0.4, 0.5) is 10.5 Å². The smallest absolute Gasteiger partial charge is 0.344 e. The summed E-state index contributed by atoms with van der Waals surface area (Å²) in [5, 5.41) is 4.18. The van der Waals surface area contributed by atoms with Crippen molar-refractivity contribution in [1.29, 1.82) is 0 Å². The molecular weight excluding hydrogens is 432 g/mol. The van der Waals surface area contributed by atoms with Gasteiger partial charge in [-0.15, -0.1) is 0 Å². The summed E-state index contributed by atoms with van der Waals surface area (Å²) in [4.78, 5) is 32.8. The van der Waals surface area contributed by atoms with Gasteiger partial charge in [-0.3, -0.25) is 14.6 Å². The van der Waals surface area contributed by atoms with Crippen LogP contribution in [-0.2, 0) is 22.6 Å². The maximum Gasteiger partial charge on any atom is 0.344 e. The zero-order valence-corrected chi connectivity index (χ0v) is 20.1. The SMILES string of the molecule is CC(=O)N(C)c1cnn(C(=O)N2CC3CN(Cc4ccc(CN5CCOCC5)cc4)CC3C2)c1. The molecule has 5 rings (SSSR count). The Kier molecular flexibility index (Phi) is 6.67. The molecule has 0 saturated carbocycles. The zero-order chi connectivity index (χ0) is 23.7. The van der Waals surface area contributed by atoms with Crippen LogP contribution >= 0.6 is 0 Å². The molecule has 34 heavy (non-hydrogen) atoms. The second-order valence-corrected chi connectivity index (χ2v) is 9.83. The quantitative estimate of drug-likeness (QED) is 0.668. The number of hydrogen-bond donors (Lipinski definition) is 0. The summed E-state index contributed by atoms with van der Waals surface area (Å²) in [5.41, 5.74) is 3.33. The summed E-state index contributed by atoms with van der Waals surface area (Å²) < 4.78 is 6.79. The lowest BCUT2D eigenvalue weighted by atomic mass is 10.0. The van der Waals surface area contributed by atoms with E-state index in [0.717, 1.165) is 65.6 Å². The van der Waals surface area contributed by atoms with Gasteiger partial charge in [0.2, 0.25) is 5.91 Å². The molecule has 1 aromatic heterocycles. The minimum absolute atomic E-state index is 0.0884. The van der Waals surface area contributed by atoms with E-state index in [4.69, 9.17) is 4.74 Å². The molecular formula is C25H34N6O3. The molecule has 0 N–H and O–H groups in total. The van der Waals surface area contributed by atoms with Crippen LogP contribution in [-0.4, -0.2) is 95.9 Å². The van der Waals surface area contributed by atoms with Crippen molar-refractivity contribution in [3.63, 3.8) is 0 Å². The molecule has 9 nitrogen and oxygen atoms in total. The second-order valence-electron chi connectivity index (χ2n) is 9.83. The van der Waals surface area contributed by atoms with Crippen LogP contribution in [0.3, 0.4) is 0 Å². The van der Waals surface area contributed by atoms with Gasteiger partial charge in [-0.2, -0.15) is 9.78 Å². The van der Waals surface area contributed by atoms with Gasteiger partial charge in [-0.05, 0) is 23.0 Å². The molecule has 4 heterocycles. The molecule has 182 valence electrons. The van der Waals surface area contributed by atoms with E-state index in [-0.39, 0.29) is 11.9 Å². The number of hydrogen-bond acceptors (Lipinski definition) is 6. The van der Waals surface area contributed by atoms with Gasteiger partial charge in [0.15, 0.2) is 0 Å². The highest BCUT2D eigenvalue weighted by molar-refractivity contribution is 5.91. The van der Waals surface area contributed by atoms with Crippen molar-refractivity contribution in [1.82, 2.24) is 24.5 Å². The Morgan fingerprint density at radius 3 is 2.15 bits per heavy atom. The lowest BCUT2D eigenvalue weighted by molar-refractivity contribution is -0.116. The van der Waals surface area contributed by atoms with E-state index >= 15 is 0 Å². The van der Waals surface area contributed by atoms with E-state index in [1.165, 1.54) is 27.6 Å². The van der Waals surface area contributed by atoms with Crippen LogP contribution in [0.1, 0.15) is 18.1 Å². The van der Waals surface area contributed by atoms with Crippen molar-refractivity contribution < 1.29 is 14.3 Å². The highest BCUT2D eigenvalue weighted by atomic mass is 16.5. The standard InChI is InChI=1S/C25H34N6O3/c1-19(32)27(2)24-11-26-31(18-24)25(33)30-16-22-14-29(15-23(22)17-30)13-21-5-3-20(4-6-21)12-28-7-9-34-10-8-28/h3-6,11,18,22-23H,7-10,12-17H2,1-2H3. The molecule has 3 aliphatic rings. The maximum absolute atomic E-state index is 12.9. The van der Waals surface area contributed by atoms with E-state index in [0.29, 0.717) is 17.5 Å². The van der Waals surface area contributed by atoms with Gasteiger partial charge in [-0.25, -0.2) is 4.79 Å². The first-order valence-electron chi connectivity index (χ1n) is 12.1. The first-order valence-corrected chi connectivity index (χ1v) is 12.1. The number of benzene rings is 1. The van der Waals surface area contributed by atoms with E-state index in [1.807, 2.05) is 4.90 Å². The van der Waals surface area contributed by atoms with Crippen molar-refractivity contribution in [2.24, 2.45) is 11.8 Å². The Labute approximate surface area is 200 Å². The topological polar surface area (TPSA) is 74.2 Å². The lowest BCUT2D eigenvalue weighted by Crippen LogP contribution is -2.36. The molecule has 1 aromatic carbocycles. The van der Waals surface area contributed by atoms with Crippen molar-refractivity contribution in [2.45, 2.75) is 20.0 Å². The highest BCUT2D eigenvalue weighted by Gasteiger charge is 2.42. The predicted molar refractivity (Wildman–Crippen MR) is 128 cm³/mol. The molecule has 0 aliphatic carbocycles. The molecule has 2 atom stereocenters. The average molecular weight is 467 g/mol. The van der Waals surface area contributed by atoms with Crippen LogP contribution < -0.4 is 4.90 Å². The fourth-order valence-corrected chi connectivity index (χ4v) is 5.32. The van der Waals surface area contributed by atoms with Crippen LogP contribution in [0.25, 0.3) is 0 Å². The third-order valence-corrected chi connectivity index (χ3v) is 7.40. The van der Waals surface area contributed by atoms with Gasteiger partial charge in [0, 0.05) is 66.3 Å². The number of ether oxygens (including phenoxy) is 1. The minimum Gasteiger partial charge on any atom is -0.379 e. The molecule has 9 heteroatoms. The number of fused-ring (bicyclic) bond motifs is 1. The van der Waals surface area contributed by atoms with Crippen molar-refractivity contribution in [2.75, 3.05) is 64.4 Å². The van der Waals surface area contributed by atoms with E-state index in [9.17, 15) is 9.59 Å². The summed E-state index contributed by atoms with van der Waals surface area (Å²) in [5.74, 6) is 0.911. The number of amides is 2. The Hall–Kier alpha value is -2.75. The summed E-state index contributed by atoms with van der Waals surface area (Å²) in [6, 6.07) is 8.91. The van der Waals surface area contributed by atoms with Crippen molar-refractivity contribution >= 4 is 17.6 Å². The minimum atomic E-state index is -0.111. The highest BCUT2D eigenvalue weighted by Crippen LogP contribution is 2.32. The Morgan fingerprint density at radius 2 is 1.56 bits per heavy atom. The van der Waals surface area contributed by atoms with Gasteiger partial charge in [-0.1, -0.05) is 24.3 Å². The number of carbonyl (C=O) groups is 2. The van der Waals surface area contributed by atoms with E-state index in [1.54, 1.807) is 19.4 Å². The summed E-state index contributed by atoms with van der Waals surface area (Å²) in [6.07, 6.45) is 3.19. The molecule has 2 amide bonds. The normalized spacial score (nSPS) is 23.3. The van der Waals surface area contributed by atoms with Gasteiger partial charge >= 0.3 is 6.03 Å².